The van der Waals surface area contributed by atoms with Crippen molar-refractivity contribution in [3.63, 3.8) is 0 Å². The zero-order chi connectivity index (χ0) is 21.1. The van der Waals surface area contributed by atoms with Gasteiger partial charge in [-0.05, 0) is 37.3 Å². The second-order valence-corrected chi connectivity index (χ2v) is 9.20. The molecule has 0 spiro atoms. The van der Waals surface area contributed by atoms with Crippen LogP contribution < -0.4 is 5.32 Å². The van der Waals surface area contributed by atoms with E-state index >= 15 is 0 Å². The molecule has 2 aliphatic rings. The van der Waals surface area contributed by atoms with Crippen LogP contribution in [0.25, 0.3) is 11.2 Å². The summed E-state index contributed by atoms with van der Waals surface area (Å²) in [5.74, 6) is -0.0901. The van der Waals surface area contributed by atoms with Crippen LogP contribution in [0.15, 0.2) is 6.33 Å². The number of rotatable bonds is 9. The SMILES string of the molecule is COCC(OCC1CCC(n2cnc3c(NC4CCCC4)nc(Cl)nc32)O1)P(O)O. The van der Waals surface area contributed by atoms with Gasteiger partial charge in [0.25, 0.3) is 0 Å². The van der Waals surface area contributed by atoms with Crippen molar-refractivity contribution in [1.82, 2.24) is 19.5 Å². The predicted octanol–water partition coefficient (Wildman–Crippen LogP) is 2.80. The van der Waals surface area contributed by atoms with Crippen molar-refractivity contribution in [2.24, 2.45) is 0 Å². The van der Waals surface area contributed by atoms with E-state index in [0.717, 1.165) is 25.7 Å². The second-order valence-electron chi connectivity index (χ2n) is 7.64. The van der Waals surface area contributed by atoms with Crippen LogP contribution in [0.5, 0.6) is 0 Å². The van der Waals surface area contributed by atoms with Crippen molar-refractivity contribution < 1.29 is 24.0 Å². The number of nitrogens with zero attached hydrogens (tertiary/aromatic N) is 4. The Hall–Kier alpha value is -1.13. The van der Waals surface area contributed by atoms with E-state index in [2.05, 4.69) is 20.3 Å². The molecule has 1 aliphatic heterocycles. The number of fused-ring (bicyclic) bond motifs is 1. The number of imidazole rings is 1. The maximum Gasteiger partial charge on any atom is 0.226 e. The molecule has 0 radical (unpaired) electrons. The fourth-order valence-electron chi connectivity index (χ4n) is 4.02. The Labute approximate surface area is 180 Å². The molecule has 12 heteroatoms. The van der Waals surface area contributed by atoms with E-state index in [1.807, 2.05) is 4.57 Å². The van der Waals surface area contributed by atoms with Crippen molar-refractivity contribution in [2.45, 2.75) is 62.7 Å². The molecule has 2 aromatic rings. The first kappa shape index (κ1) is 22.1. The van der Waals surface area contributed by atoms with Crippen LogP contribution in [0.2, 0.25) is 5.28 Å². The second kappa shape index (κ2) is 9.99. The van der Waals surface area contributed by atoms with Gasteiger partial charge in [-0.25, -0.2) is 4.98 Å². The van der Waals surface area contributed by atoms with Gasteiger partial charge in [0.15, 0.2) is 25.4 Å². The first-order valence-corrected chi connectivity index (χ1v) is 11.8. The number of methoxy groups -OCH3 is 1. The Balaban J connectivity index is 1.44. The minimum atomic E-state index is -2.23. The molecule has 3 atom stereocenters. The number of halogens is 1. The third-order valence-electron chi connectivity index (χ3n) is 5.53. The molecule has 166 valence electrons. The minimum Gasteiger partial charge on any atom is -0.381 e. The average molecular weight is 460 g/mol. The lowest BCUT2D eigenvalue weighted by Gasteiger charge is -2.20. The van der Waals surface area contributed by atoms with Gasteiger partial charge in [-0.1, -0.05) is 12.8 Å². The Morgan fingerprint density at radius 2 is 2.10 bits per heavy atom. The van der Waals surface area contributed by atoms with Crippen LogP contribution >= 0.6 is 20.0 Å². The van der Waals surface area contributed by atoms with Crippen molar-refractivity contribution in [1.29, 1.82) is 0 Å². The maximum atomic E-state index is 9.42. The molecule has 1 saturated heterocycles. The van der Waals surface area contributed by atoms with Crippen molar-refractivity contribution >= 4 is 37.0 Å². The lowest BCUT2D eigenvalue weighted by molar-refractivity contribution is -0.0569. The topological polar surface area (TPSA) is 124 Å². The van der Waals surface area contributed by atoms with Gasteiger partial charge < -0.3 is 29.3 Å². The van der Waals surface area contributed by atoms with E-state index in [0.29, 0.717) is 23.0 Å². The van der Waals surface area contributed by atoms with Crippen LogP contribution in [0.4, 0.5) is 5.82 Å². The van der Waals surface area contributed by atoms with Gasteiger partial charge in [0.1, 0.15) is 12.1 Å². The normalized spacial score (nSPS) is 23.6. The summed E-state index contributed by atoms with van der Waals surface area (Å²) in [7, 11) is -0.741. The highest BCUT2D eigenvalue weighted by molar-refractivity contribution is 7.45. The summed E-state index contributed by atoms with van der Waals surface area (Å²) in [6.45, 7) is 0.370. The largest absolute Gasteiger partial charge is 0.381 e. The molecule has 3 N–H and O–H groups in total. The number of anilines is 1. The number of hydrogen-bond donors (Lipinski definition) is 3. The van der Waals surface area contributed by atoms with Gasteiger partial charge in [-0.2, -0.15) is 9.97 Å². The van der Waals surface area contributed by atoms with E-state index in [-0.39, 0.29) is 30.8 Å². The molecule has 1 aliphatic carbocycles. The van der Waals surface area contributed by atoms with Crippen LogP contribution in [0.1, 0.15) is 44.8 Å². The number of hydrogen-bond acceptors (Lipinski definition) is 9. The average Bonchev–Trinajstić information content (AvgIpc) is 3.45. The Morgan fingerprint density at radius 3 is 2.83 bits per heavy atom. The molecule has 0 aromatic carbocycles. The number of ether oxygens (including phenoxy) is 3. The van der Waals surface area contributed by atoms with Crippen molar-refractivity contribution in [3.05, 3.63) is 11.6 Å². The molecule has 0 bridgehead atoms. The van der Waals surface area contributed by atoms with E-state index in [4.69, 9.17) is 25.8 Å². The Morgan fingerprint density at radius 1 is 1.30 bits per heavy atom. The van der Waals surface area contributed by atoms with Crippen LogP contribution in [0, 0.1) is 0 Å². The smallest absolute Gasteiger partial charge is 0.226 e. The number of aromatic nitrogens is 4. The highest BCUT2D eigenvalue weighted by Gasteiger charge is 2.30. The van der Waals surface area contributed by atoms with Gasteiger partial charge in [-0.15, -0.1) is 0 Å². The predicted molar refractivity (Wildman–Crippen MR) is 112 cm³/mol. The fraction of sp³-hybridized carbons (Fsp3) is 0.722. The van der Waals surface area contributed by atoms with Gasteiger partial charge >= 0.3 is 0 Å². The zero-order valence-electron chi connectivity index (χ0n) is 16.8. The molecule has 4 rings (SSSR count). The van der Waals surface area contributed by atoms with Gasteiger partial charge in [0.05, 0.1) is 25.6 Å². The van der Waals surface area contributed by atoms with Crippen molar-refractivity contribution in [2.75, 3.05) is 25.6 Å². The first-order valence-electron chi connectivity index (χ1n) is 10.1. The Bertz CT molecular complexity index is 850. The van der Waals surface area contributed by atoms with E-state index in [1.165, 1.54) is 20.0 Å². The number of nitrogens with one attached hydrogen (secondary N) is 1. The lowest BCUT2D eigenvalue weighted by Crippen LogP contribution is -2.24. The van der Waals surface area contributed by atoms with Crippen LogP contribution in [0.3, 0.4) is 0 Å². The summed E-state index contributed by atoms with van der Waals surface area (Å²) in [5, 5.41) is 3.63. The summed E-state index contributed by atoms with van der Waals surface area (Å²) >= 11 is 6.20. The maximum absolute atomic E-state index is 9.42. The molecular weight excluding hydrogens is 433 g/mol. The molecule has 30 heavy (non-hydrogen) atoms. The van der Waals surface area contributed by atoms with Gasteiger partial charge in [0, 0.05) is 13.2 Å². The molecule has 2 aromatic heterocycles. The lowest BCUT2D eigenvalue weighted by atomic mass is 10.2. The molecular formula is C18H27ClN5O5P. The molecule has 10 nitrogen and oxygen atoms in total. The summed E-state index contributed by atoms with van der Waals surface area (Å²) in [5.41, 5.74) is 1.31. The summed E-state index contributed by atoms with van der Waals surface area (Å²) in [6, 6.07) is 0.386. The van der Waals surface area contributed by atoms with Crippen LogP contribution in [-0.4, -0.2) is 67.6 Å². The molecule has 3 unspecified atom stereocenters. The molecule has 0 amide bonds. The standard InChI is InChI=1S/C18H27ClN5O5P/c1-27-9-14(30(25)26)28-8-12-6-7-13(29-12)24-10-20-15-16(21-11-4-2-3-5-11)22-18(19)23-17(15)24/h10-14,25-26H,2-9H2,1H3,(H,21,22,23). The Kier molecular flexibility index (Phi) is 7.36. The van der Waals surface area contributed by atoms with Gasteiger partial charge in [0.2, 0.25) is 5.28 Å². The van der Waals surface area contributed by atoms with Crippen LogP contribution in [-0.2, 0) is 14.2 Å². The first-order chi connectivity index (χ1) is 14.5. The highest BCUT2D eigenvalue weighted by Crippen LogP contribution is 2.35. The third kappa shape index (κ3) is 5.02. The highest BCUT2D eigenvalue weighted by atomic mass is 35.5. The summed E-state index contributed by atoms with van der Waals surface area (Å²) in [6.07, 6.45) is 7.48. The zero-order valence-corrected chi connectivity index (χ0v) is 18.4. The third-order valence-corrected chi connectivity index (χ3v) is 6.51. The summed E-state index contributed by atoms with van der Waals surface area (Å²) < 4.78 is 18.5. The molecule has 1 saturated carbocycles. The monoisotopic (exact) mass is 459 g/mol. The van der Waals surface area contributed by atoms with E-state index in [9.17, 15) is 9.79 Å². The molecule has 3 heterocycles. The molecule has 2 fully saturated rings. The summed E-state index contributed by atoms with van der Waals surface area (Å²) in [4.78, 5) is 32.1. The van der Waals surface area contributed by atoms with E-state index in [1.54, 1.807) is 6.33 Å². The van der Waals surface area contributed by atoms with Crippen molar-refractivity contribution in [3.8, 4) is 0 Å². The van der Waals surface area contributed by atoms with E-state index < -0.39 is 14.2 Å². The fourth-order valence-corrected chi connectivity index (χ4v) is 4.69. The van der Waals surface area contributed by atoms with Gasteiger partial charge in [-0.3, -0.25) is 4.57 Å². The quantitative estimate of drug-likeness (QED) is 0.383. The minimum absolute atomic E-state index is 0.118.